The van der Waals surface area contributed by atoms with Gasteiger partial charge in [-0.2, -0.15) is 0 Å². The van der Waals surface area contributed by atoms with Crippen molar-refractivity contribution in [3.05, 3.63) is 24.3 Å². The molecule has 1 aromatic carbocycles. The molecule has 2 N–H and O–H groups in total. The molecule has 0 radical (unpaired) electrons. The van der Waals surface area contributed by atoms with Crippen LogP contribution in [0.2, 0.25) is 0 Å². The summed E-state index contributed by atoms with van der Waals surface area (Å²) in [5.41, 5.74) is 1.70. The Morgan fingerprint density at radius 2 is 2.05 bits per heavy atom. The number of rotatable bonds is 4. The molecule has 2 saturated heterocycles. The van der Waals surface area contributed by atoms with E-state index in [-0.39, 0.29) is 11.8 Å². The smallest absolute Gasteiger partial charge is 0.227 e. The van der Waals surface area contributed by atoms with Crippen LogP contribution in [0.1, 0.15) is 19.3 Å². The van der Waals surface area contributed by atoms with Crippen LogP contribution in [-0.2, 0) is 9.59 Å². The second-order valence-corrected chi connectivity index (χ2v) is 5.47. The van der Waals surface area contributed by atoms with Crippen molar-refractivity contribution in [2.75, 3.05) is 29.9 Å². The molecule has 0 saturated carbocycles. The lowest BCUT2D eigenvalue weighted by atomic mass is 9.99. The minimum atomic E-state index is 0.0569. The van der Waals surface area contributed by atoms with Gasteiger partial charge in [0.05, 0.1) is 0 Å². The van der Waals surface area contributed by atoms with Gasteiger partial charge in [-0.3, -0.25) is 9.59 Å². The van der Waals surface area contributed by atoms with Crippen molar-refractivity contribution in [3.63, 3.8) is 0 Å². The molecule has 1 aromatic rings. The Hall–Kier alpha value is -1.88. The third-order valence-corrected chi connectivity index (χ3v) is 3.88. The molecule has 106 valence electrons. The quantitative estimate of drug-likeness (QED) is 0.871. The summed E-state index contributed by atoms with van der Waals surface area (Å²) >= 11 is 0. The SMILES string of the molecule is O=C(CC1CNC1)Nc1ccc(N2CCCC2=O)cc1. The van der Waals surface area contributed by atoms with Gasteiger partial charge in [0.1, 0.15) is 0 Å². The monoisotopic (exact) mass is 273 g/mol. The van der Waals surface area contributed by atoms with Gasteiger partial charge in [0.25, 0.3) is 0 Å². The first-order valence-corrected chi connectivity index (χ1v) is 7.13. The zero-order chi connectivity index (χ0) is 13.9. The van der Waals surface area contributed by atoms with Gasteiger partial charge in [0.15, 0.2) is 0 Å². The largest absolute Gasteiger partial charge is 0.326 e. The molecule has 0 aliphatic carbocycles. The number of hydrogen-bond donors (Lipinski definition) is 2. The van der Waals surface area contributed by atoms with Gasteiger partial charge < -0.3 is 15.5 Å². The molecule has 2 aliphatic rings. The first kappa shape index (κ1) is 13.1. The van der Waals surface area contributed by atoms with Crippen LogP contribution in [0.5, 0.6) is 0 Å². The van der Waals surface area contributed by atoms with Crippen molar-refractivity contribution in [1.82, 2.24) is 5.32 Å². The highest BCUT2D eigenvalue weighted by molar-refractivity contribution is 5.96. The molecule has 0 bridgehead atoms. The first-order valence-electron chi connectivity index (χ1n) is 7.13. The number of carbonyl (C=O) groups excluding carboxylic acids is 2. The van der Waals surface area contributed by atoms with Gasteiger partial charge in [0.2, 0.25) is 11.8 Å². The van der Waals surface area contributed by atoms with Gasteiger partial charge in [-0.05, 0) is 49.7 Å². The summed E-state index contributed by atoms with van der Waals surface area (Å²) in [7, 11) is 0. The van der Waals surface area contributed by atoms with Gasteiger partial charge in [-0.1, -0.05) is 0 Å². The van der Waals surface area contributed by atoms with E-state index >= 15 is 0 Å². The molecule has 3 rings (SSSR count). The van der Waals surface area contributed by atoms with Gasteiger partial charge >= 0.3 is 0 Å². The Morgan fingerprint density at radius 3 is 2.60 bits per heavy atom. The highest BCUT2D eigenvalue weighted by Crippen LogP contribution is 2.23. The average molecular weight is 273 g/mol. The normalized spacial score (nSPS) is 19.0. The van der Waals surface area contributed by atoms with Crippen molar-refractivity contribution in [2.24, 2.45) is 5.92 Å². The second-order valence-electron chi connectivity index (χ2n) is 5.47. The van der Waals surface area contributed by atoms with E-state index in [2.05, 4.69) is 10.6 Å². The molecule has 2 heterocycles. The summed E-state index contributed by atoms with van der Waals surface area (Å²) < 4.78 is 0. The molecule has 0 unspecified atom stereocenters. The fourth-order valence-electron chi connectivity index (χ4n) is 2.61. The highest BCUT2D eigenvalue weighted by atomic mass is 16.2. The topological polar surface area (TPSA) is 61.4 Å². The van der Waals surface area contributed by atoms with E-state index < -0.39 is 0 Å². The van der Waals surface area contributed by atoms with E-state index in [1.807, 2.05) is 24.3 Å². The minimum absolute atomic E-state index is 0.0569. The van der Waals surface area contributed by atoms with E-state index in [0.717, 1.165) is 37.4 Å². The van der Waals surface area contributed by atoms with Gasteiger partial charge in [-0.25, -0.2) is 0 Å². The summed E-state index contributed by atoms with van der Waals surface area (Å²) in [4.78, 5) is 25.3. The van der Waals surface area contributed by atoms with E-state index in [1.165, 1.54) is 0 Å². The van der Waals surface area contributed by atoms with Crippen LogP contribution in [0.25, 0.3) is 0 Å². The molecule has 0 spiro atoms. The lowest BCUT2D eigenvalue weighted by Crippen LogP contribution is -2.43. The van der Waals surface area contributed by atoms with Crippen LogP contribution in [0.15, 0.2) is 24.3 Å². The number of nitrogens with one attached hydrogen (secondary N) is 2. The van der Waals surface area contributed by atoms with Crippen molar-refractivity contribution in [3.8, 4) is 0 Å². The predicted octanol–water partition coefficient (Wildman–Crippen LogP) is 1.36. The van der Waals surface area contributed by atoms with Crippen molar-refractivity contribution in [2.45, 2.75) is 19.3 Å². The number of amides is 2. The Kier molecular flexibility index (Phi) is 3.69. The fraction of sp³-hybridized carbons (Fsp3) is 0.467. The van der Waals surface area contributed by atoms with Gasteiger partial charge in [-0.15, -0.1) is 0 Å². The molecule has 2 amide bonds. The minimum Gasteiger partial charge on any atom is -0.326 e. The predicted molar refractivity (Wildman–Crippen MR) is 77.6 cm³/mol. The molecule has 0 atom stereocenters. The average Bonchev–Trinajstić information content (AvgIpc) is 2.81. The summed E-state index contributed by atoms with van der Waals surface area (Å²) in [5, 5.41) is 6.06. The molecular formula is C15H19N3O2. The van der Waals surface area contributed by atoms with E-state index in [0.29, 0.717) is 18.8 Å². The lowest BCUT2D eigenvalue weighted by molar-refractivity contribution is -0.118. The number of anilines is 2. The van der Waals surface area contributed by atoms with E-state index in [1.54, 1.807) is 4.90 Å². The van der Waals surface area contributed by atoms with Crippen molar-refractivity contribution >= 4 is 23.2 Å². The summed E-state index contributed by atoms with van der Waals surface area (Å²) in [6.45, 7) is 2.66. The first-order chi connectivity index (χ1) is 9.72. The Morgan fingerprint density at radius 1 is 1.30 bits per heavy atom. The second kappa shape index (κ2) is 5.63. The van der Waals surface area contributed by atoms with Crippen LogP contribution in [-0.4, -0.2) is 31.4 Å². The molecule has 2 fully saturated rings. The number of benzene rings is 1. The number of carbonyl (C=O) groups is 2. The maximum Gasteiger partial charge on any atom is 0.227 e. The lowest BCUT2D eigenvalue weighted by Gasteiger charge is -2.26. The third-order valence-electron chi connectivity index (χ3n) is 3.88. The summed E-state index contributed by atoms with van der Waals surface area (Å²) in [5.74, 6) is 0.706. The Bertz CT molecular complexity index is 508. The molecule has 20 heavy (non-hydrogen) atoms. The van der Waals surface area contributed by atoms with Crippen molar-refractivity contribution in [1.29, 1.82) is 0 Å². The van der Waals surface area contributed by atoms with Crippen LogP contribution in [0.3, 0.4) is 0 Å². The number of nitrogens with zero attached hydrogens (tertiary/aromatic N) is 1. The maximum atomic E-state index is 11.8. The number of hydrogen-bond acceptors (Lipinski definition) is 3. The molecular weight excluding hydrogens is 254 g/mol. The molecule has 5 heteroatoms. The van der Waals surface area contributed by atoms with Crippen LogP contribution < -0.4 is 15.5 Å². The highest BCUT2D eigenvalue weighted by Gasteiger charge is 2.22. The maximum absolute atomic E-state index is 11.8. The molecule has 0 aromatic heterocycles. The van der Waals surface area contributed by atoms with Crippen LogP contribution in [0, 0.1) is 5.92 Å². The zero-order valence-electron chi connectivity index (χ0n) is 11.4. The van der Waals surface area contributed by atoms with Crippen LogP contribution in [0.4, 0.5) is 11.4 Å². The zero-order valence-corrected chi connectivity index (χ0v) is 11.4. The van der Waals surface area contributed by atoms with Crippen molar-refractivity contribution < 1.29 is 9.59 Å². The summed E-state index contributed by atoms with van der Waals surface area (Å²) in [6, 6.07) is 7.50. The Balaban J connectivity index is 1.58. The van der Waals surface area contributed by atoms with Gasteiger partial charge in [0, 0.05) is 30.8 Å². The van der Waals surface area contributed by atoms with Crippen LogP contribution >= 0.6 is 0 Å². The van der Waals surface area contributed by atoms with E-state index in [4.69, 9.17) is 0 Å². The standard InChI is InChI=1S/C15H19N3O2/c19-14(8-11-9-16-10-11)17-12-3-5-13(6-4-12)18-7-1-2-15(18)20/h3-6,11,16H,1-2,7-10H2,(H,17,19). The molecule has 5 nitrogen and oxygen atoms in total. The van der Waals surface area contributed by atoms with E-state index in [9.17, 15) is 9.59 Å². The fourth-order valence-corrected chi connectivity index (χ4v) is 2.61. The summed E-state index contributed by atoms with van der Waals surface area (Å²) in [6.07, 6.45) is 2.13. The molecule has 2 aliphatic heterocycles. The third kappa shape index (κ3) is 2.82. The Labute approximate surface area is 118 Å².